The second-order valence-corrected chi connectivity index (χ2v) is 20.2. The maximum Gasteiger partial charge on any atom is 0.472 e. The van der Waals surface area contributed by atoms with E-state index < -0.39 is 83.5 Å². The number of hydrogen-bond donors (Lipinski definition) is 7. The molecule has 0 radical (unpaired) electrons. The first-order chi connectivity index (χ1) is 31.6. The van der Waals surface area contributed by atoms with Gasteiger partial charge in [-0.1, -0.05) is 153 Å². The minimum atomic E-state index is -5.37. The lowest BCUT2D eigenvalue weighted by atomic mass is 9.85. The predicted molar refractivity (Wildman–Crippen MR) is 250 cm³/mol. The minimum Gasteiger partial charge on any atom is -0.462 e. The van der Waals surface area contributed by atoms with Crippen molar-refractivity contribution in [3.05, 3.63) is 36.5 Å². The standard InChI is InChI=1S/C47H84O17P2/c1-3-5-7-9-11-12-13-14-15-16-17-18-21-25-29-33-40(48)59-35-37(36-60-66(57,58)64-47-44(52)42(50)43(51)46(45(47)53)63-65(54,55)56)61-41(49)34-30-26-22-19-20-24-28-32-39-38(62-39)31-27-23-10-8-6-4-2/h19,22-24,27-28,37-39,42-47,50-53H,3-18,20-21,25-26,29-36H2,1-2H3,(H,57,58)(H2,54,55,56)/b22-19-,27-23-,28-24-/t37-,38?,39?,42?,43?,44?,45?,46-,47+/m1/s1. The number of carbonyl (C=O) groups excluding carboxylic acids is 2. The summed E-state index contributed by atoms with van der Waals surface area (Å²) < 4.78 is 55.1. The lowest BCUT2D eigenvalue weighted by molar-refractivity contribution is -0.216. The number of epoxide rings is 1. The molecule has 2 aliphatic rings. The Morgan fingerprint density at radius 3 is 1.59 bits per heavy atom. The van der Waals surface area contributed by atoms with E-state index in [1.807, 2.05) is 12.2 Å². The van der Waals surface area contributed by atoms with Crippen molar-refractivity contribution in [2.45, 2.75) is 236 Å². The van der Waals surface area contributed by atoms with E-state index in [4.69, 9.17) is 23.3 Å². The molecule has 0 spiro atoms. The maximum absolute atomic E-state index is 13.0. The van der Waals surface area contributed by atoms with Crippen LogP contribution < -0.4 is 0 Å². The van der Waals surface area contributed by atoms with Gasteiger partial charge in [-0.15, -0.1) is 0 Å². The zero-order valence-electron chi connectivity index (χ0n) is 39.6. The summed E-state index contributed by atoms with van der Waals surface area (Å²) in [7, 11) is -10.7. The van der Waals surface area contributed by atoms with Gasteiger partial charge in [0, 0.05) is 12.8 Å². The number of esters is 2. The molecule has 19 heteroatoms. The van der Waals surface area contributed by atoms with Crippen LogP contribution in [-0.4, -0.2) is 115 Å². The molecule has 7 unspecified atom stereocenters. The third-order valence-electron chi connectivity index (χ3n) is 11.6. The largest absolute Gasteiger partial charge is 0.472 e. The highest BCUT2D eigenvalue weighted by molar-refractivity contribution is 7.47. The van der Waals surface area contributed by atoms with Gasteiger partial charge in [0.05, 0.1) is 18.8 Å². The summed E-state index contributed by atoms with van der Waals surface area (Å²) in [5.74, 6) is -1.27. The molecule has 0 bridgehead atoms. The Morgan fingerprint density at radius 2 is 1.02 bits per heavy atom. The van der Waals surface area contributed by atoms with Crippen LogP contribution in [0.15, 0.2) is 36.5 Å². The molecule has 384 valence electrons. The Labute approximate surface area is 393 Å². The van der Waals surface area contributed by atoms with E-state index in [2.05, 4.69) is 42.7 Å². The summed E-state index contributed by atoms with van der Waals surface area (Å²) in [6.45, 7) is 3.04. The van der Waals surface area contributed by atoms with Crippen molar-refractivity contribution in [2.75, 3.05) is 13.2 Å². The summed E-state index contributed by atoms with van der Waals surface area (Å²) in [4.78, 5) is 54.3. The van der Waals surface area contributed by atoms with Crippen molar-refractivity contribution in [2.24, 2.45) is 0 Å². The van der Waals surface area contributed by atoms with Crippen molar-refractivity contribution >= 4 is 27.6 Å². The first-order valence-electron chi connectivity index (χ1n) is 24.7. The van der Waals surface area contributed by atoms with Crippen LogP contribution in [-0.2, 0) is 46.5 Å². The molecule has 1 saturated carbocycles. The molecule has 0 amide bonds. The topological polar surface area (TPSA) is 269 Å². The zero-order valence-corrected chi connectivity index (χ0v) is 41.4. The average Bonchev–Trinajstić information content (AvgIpc) is 4.03. The van der Waals surface area contributed by atoms with Gasteiger partial charge in [-0.2, -0.15) is 0 Å². The molecule has 17 nitrogen and oxygen atoms in total. The van der Waals surface area contributed by atoms with Gasteiger partial charge >= 0.3 is 27.6 Å². The van der Waals surface area contributed by atoms with Crippen LogP contribution in [0.1, 0.15) is 181 Å². The highest BCUT2D eigenvalue weighted by atomic mass is 31.2. The monoisotopic (exact) mass is 983 g/mol. The highest BCUT2D eigenvalue weighted by Crippen LogP contribution is 2.49. The SMILES string of the molecule is CCCCC/C=C\CC1OC1C/C=C\C/C=C\CCCC(=O)O[C@H](COC(=O)CCCCCCCCCCCCCCCCC)COP(=O)(O)O[C@H]1C(O)C(O)C(O)[C@@H](OP(=O)(O)O)C1O. The van der Waals surface area contributed by atoms with Gasteiger partial charge in [0.2, 0.25) is 0 Å². The minimum absolute atomic E-state index is 0.0356. The van der Waals surface area contributed by atoms with Crippen molar-refractivity contribution in [1.29, 1.82) is 0 Å². The molecule has 1 aliphatic heterocycles. The van der Waals surface area contributed by atoms with Gasteiger partial charge in [-0.05, 0) is 51.4 Å². The number of allylic oxidation sites excluding steroid dienone is 4. The summed E-state index contributed by atoms with van der Waals surface area (Å²) in [6.07, 6.45) is 24.2. The molecule has 2 fully saturated rings. The Kier molecular flexibility index (Phi) is 32.3. The van der Waals surface area contributed by atoms with Crippen LogP contribution in [0.2, 0.25) is 0 Å². The second-order valence-electron chi connectivity index (χ2n) is 17.6. The molecular weight excluding hydrogens is 898 g/mol. The number of aliphatic hydroxyl groups is 4. The van der Waals surface area contributed by atoms with Crippen molar-refractivity contribution in [1.82, 2.24) is 0 Å². The lowest BCUT2D eigenvalue weighted by Crippen LogP contribution is -2.64. The third-order valence-corrected chi connectivity index (χ3v) is 13.1. The normalized spacial score (nSPS) is 24.9. The Balaban J connectivity index is 1.80. The molecule has 7 N–H and O–H groups in total. The number of phosphoric acid groups is 2. The molecule has 0 aromatic carbocycles. The Hall–Kier alpha value is -1.82. The summed E-state index contributed by atoms with van der Waals surface area (Å²) in [6, 6.07) is 0. The van der Waals surface area contributed by atoms with Gasteiger partial charge in [0.25, 0.3) is 0 Å². The third kappa shape index (κ3) is 28.6. The van der Waals surface area contributed by atoms with Crippen LogP contribution in [0, 0.1) is 0 Å². The van der Waals surface area contributed by atoms with Gasteiger partial charge < -0.3 is 49.3 Å². The maximum atomic E-state index is 13.0. The number of hydrogen-bond acceptors (Lipinski definition) is 14. The summed E-state index contributed by atoms with van der Waals surface area (Å²) >= 11 is 0. The van der Waals surface area contributed by atoms with Gasteiger partial charge in [-0.25, -0.2) is 9.13 Å². The fourth-order valence-electron chi connectivity index (χ4n) is 7.65. The van der Waals surface area contributed by atoms with Gasteiger partial charge in [0.15, 0.2) is 6.10 Å². The molecule has 1 aliphatic carbocycles. The molecule has 10 atom stereocenters. The zero-order chi connectivity index (χ0) is 48.6. The number of aliphatic hydroxyl groups excluding tert-OH is 4. The van der Waals surface area contributed by atoms with Crippen LogP contribution in [0.3, 0.4) is 0 Å². The van der Waals surface area contributed by atoms with Crippen LogP contribution in [0.25, 0.3) is 0 Å². The molecular formula is C47H84O17P2. The van der Waals surface area contributed by atoms with Crippen molar-refractivity contribution in [3.63, 3.8) is 0 Å². The first kappa shape index (κ1) is 60.3. The van der Waals surface area contributed by atoms with E-state index >= 15 is 0 Å². The fourth-order valence-corrected chi connectivity index (χ4v) is 9.19. The number of ether oxygens (including phenoxy) is 3. The molecule has 66 heavy (non-hydrogen) atoms. The second kappa shape index (κ2) is 35.3. The Bertz CT molecular complexity index is 1490. The number of carbonyl (C=O) groups is 2. The fraction of sp³-hybridized carbons (Fsp3) is 0.830. The number of phosphoric ester groups is 2. The smallest absolute Gasteiger partial charge is 0.462 e. The predicted octanol–water partition coefficient (Wildman–Crippen LogP) is 8.50. The molecule has 1 heterocycles. The molecule has 0 aromatic rings. The lowest BCUT2D eigenvalue weighted by Gasteiger charge is -2.43. The van der Waals surface area contributed by atoms with E-state index in [0.29, 0.717) is 25.4 Å². The first-order valence-corrected chi connectivity index (χ1v) is 27.7. The van der Waals surface area contributed by atoms with Crippen LogP contribution in [0.4, 0.5) is 0 Å². The van der Waals surface area contributed by atoms with Crippen LogP contribution in [0.5, 0.6) is 0 Å². The molecule has 2 rings (SSSR count). The van der Waals surface area contributed by atoms with E-state index in [1.54, 1.807) is 0 Å². The average molecular weight is 983 g/mol. The van der Waals surface area contributed by atoms with Crippen LogP contribution >= 0.6 is 15.6 Å². The number of unbranched alkanes of at least 4 members (excludes halogenated alkanes) is 18. The Morgan fingerprint density at radius 1 is 0.545 bits per heavy atom. The van der Waals surface area contributed by atoms with E-state index in [0.717, 1.165) is 51.4 Å². The quantitative estimate of drug-likeness (QED) is 0.00997. The molecule has 1 saturated heterocycles. The van der Waals surface area contributed by atoms with Crippen molar-refractivity contribution < 1.29 is 81.6 Å². The summed E-state index contributed by atoms with van der Waals surface area (Å²) in [5.41, 5.74) is 0. The van der Waals surface area contributed by atoms with E-state index in [1.165, 1.54) is 83.5 Å². The molecule has 0 aromatic heterocycles. The van der Waals surface area contributed by atoms with E-state index in [-0.39, 0.29) is 18.9 Å². The summed E-state index contributed by atoms with van der Waals surface area (Å²) in [5, 5.41) is 41.3. The number of rotatable bonds is 40. The van der Waals surface area contributed by atoms with Gasteiger partial charge in [0.1, 0.15) is 43.2 Å². The highest BCUT2D eigenvalue weighted by Gasteiger charge is 2.54. The van der Waals surface area contributed by atoms with E-state index in [9.17, 15) is 53.8 Å². The van der Waals surface area contributed by atoms with Crippen molar-refractivity contribution in [3.8, 4) is 0 Å². The van der Waals surface area contributed by atoms with Gasteiger partial charge in [-0.3, -0.25) is 23.2 Å².